The largest absolute Gasteiger partial charge is 0.479 e. The van der Waals surface area contributed by atoms with E-state index in [0.717, 1.165) is 5.56 Å². The van der Waals surface area contributed by atoms with Crippen molar-refractivity contribution in [3.05, 3.63) is 29.8 Å². The lowest BCUT2D eigenvalue weighted by atomic mass is 10.2. The number of aliphatic carboxylic acids is 1. The van der Waals surface area contributed by atoms with Crippen LogP contribution in [0, 0.1) is 0 Å². The average Bonchev–Trinajstić information content (AvgIpc) is 2.30. The minimum absolute atomic E-state index is 0.0847. The summed E-state index contributed by atoms with van der Waals surface area (Å²) in [6.07, 6.45) is 0.643. The van der Waals surface area contributed by atoms with Crippen molar-refractivity contribution >= 4 is 29.5 Å². The smallest absolute Gasteiger partial charge is 0.344 e. The van der Waals surface area contributed by atoms with Gasteiger partial charge < -0.3 is 15.6 Å². The summed E-state index contributed by atoms with van der Waals surface area (Å²) in [5.41, 5.74) is 8.42. The molecular formula is C11H13N3O3S. The first-order valence-electron chi connectivity index (χ1n) is 5.07. The van der Waals surface area contributed by atoms with E-state index < -0.39 is 12.1 Å². The minimum Gasteiger partial charge on any atom is -0.479 e. The van der Waals surface area contributed by atoms with Gasteiger partial charge in [0, 0.05) is 0 Å². The molecule has 0 aromatic heterocycles. The second kappa shape index (κ2) is 6.55. The van der Waals surface area contributed by atoms with Crippen molar-refractivity contribution in [1.82, 2.24) is 5.43 Å². The summed E-state index contributed by atoms with van der Waals surface area (Å²) in [6, 6.07) is 6.77. The summed E-state index contributed by atoms with van der Waals surface area (Å²) in [4.78, 5) is 10.6. The highest BCUT2D eigenvalue weighted by Gasteiger charge is 2.11. The summed E-state index contributed by atoms with van der Waals surface area (Å²) in [5.74, 6) is -0.536. The molecule has 1 rings (SSSR count). The number of thiocarbonyl (C=S) groups is 1. The lowest BCUT2D eigenvalue weighted by Gasteiger charge is -2.09. The van der Waals surface area contributed by atoms with Crippen LogP contribution in [0.15, 0.2) is 29.4 Å². The SMILES string of the molecule is C[C@H](Oc1ccc(/C=N\NC(N)=S)cc1)C(=O)O. The Kier molecular flexibility index (Phi) is 5.06. The van der Waals surface area contributed by atoms with Crippen molar-refractivity contribution in [2.75, 3.05) is 0 Å². The number of hydrogen-bond acceptors (Lipinski definition) is 4. The number of carboxylic acids is 1. The van der Waals surface area contributed by atoms with E-state index in [2.05, 4.69) is 22.7 Å². The third-order valence-electron chi connectivity index (χ3n) is 1.93. The molecule has 6 nitrogen and oxygen atoms in total. The molecule has 0 unspecified atom stereocenters. The van der Waals surface area contributed by atoms with Gasteiger partial charge in [0.1, 0.15) is 5.75 Å². The van der Waals surface area contributed by atoms with Crippen molar-refractivity contribution in [3.63, 3.8) is 0 Å². The Labute approximate surface area is 109 Å². The number of nitrogens with one attached hydrogen (secondary N) is 1. The molecule has 1 aromatic carbocycles. The van der Waals surface area contributed by atoms with Gasteiger partial charge in [-0.15, -0.1) is 0 Å². The molecule has 0 bridgehead atoms. The normalized spacial score (nSPS) is 12.1. The van der Waals surface area contributed by atoms with E-state index in [1.807, 2.05) is 0 Å². The van der Waals surface area contributed by atoms with Gasteiger partial charge in [-0.2, -0.15) is 5.10 Å². The van der Waals surface area contributed by atoms with Crippen molar-refractivity contribution < 1.29 is 14.6 Å². The maximum Gasteiger partial charge on any atom is 0.344 e. The van der Waals surface area contributed by atoms with Crippen molar-refractivity contribution in [1.29, 1.82) is 0 Å². The predicted octanol–water partition coefficient (Wildman–Crippen LogP) is 0.706. The molecule has 0 aliphatic heterocycles. The molecule has 0 fully saturated rings. The van der Waals surface area contributed by atoms with E-state index in [1.165, 1.54) is 13.1 Å². The third kappa shape index (κ3) is 4.79. The molecule has 0 saturated heterocycles. The quantitative estimate of drug-likeness (QED) is 0.413. The molecule has 0 amide bonds. The topological polar surface area (TPSA) is 96.9 Å². The number of benzene rings is 1. The van der Waals surface area contributed by atoms with Crippen LogP contribution < -0.4 is 15.9 Å². The molecule has 0 radical (unpaired) electrons. The number of hydrogen-bond donors (Lipinski definition) is 3. The Hall–Kier alpha value is -2.15. The summed E-state index contributed by atoms with van der Waals surface area (Å²) in [6.45, 7) is 1.46. The molecule has 0 aliphatic carbocycles. The maximum atomic E-state index is 10.6. The fraction of sp³-hybridized carbons (Fsp3) is 0.182. The van der Waals surface area contributed by atoms with Crippen LogP contribution in [0.4, 0.5) is 0 Å². The zero-order valence-electron chi connectivity index (χ0n) is 9.66. The molecular weight excluding hydrogens is 254 g/mol. The van der Waals surface area contributed by atoms with Gasteiger partial charge in [0.15, 0.2) is 11.2 Å². The van der Waals surface area contributed by atoms with E-state index >= 15 is 0 Å². The highest BCUT2D eigenvalue weighted by molar-refractivity contribution is 7.80. The first-order chi connectivity index (χ1) is 8.49. The zero-order chi connectivity index (χ0) is 13.5. The van der Waals surface area contributed by atoms with Gasteiger partial charge in [-0.25, -0.2) is 4.79 Å². The van der Waals surface area contributed by atoms with E-state index in [4.69, 9.17) is 15.6 Å². The van der Waals surface area contributed by atoms with E-state index in [-0.39, 0.29) is 5.11 Å². The van der Waals surface area contributed by atoms with Crippen LogP contribution in [0.5, 0.6) is 5.75 Å². The second-order valence-electron chi connectivity index (χ2n) is 3.40. The van der Waals surface area contributed by atoms with Gasteiger partial charge >= 0.3 is 5.97 Å². The Morgan fingerprint density at radius 1 is 1.56 bits per heavy atom. The van der Waals surface area contributed by atoms with Gasteiger partial charge in [-0.1, -0.05) is 0 Å². The zero-order valence-corrected chi connectivity index (χ0v) is 10.5. The van der Waals surface area contributed by atoms with Crippen LogP contribution >= 0.6 is 12.2 Å². The van der Waals surface area contributed by atoms with Crippen LogP contribution in [0.25, 0.3) is 0 Å². The highest BCUT2D eigenvalue weighted by atomic mass is 32.1. The monoisotopic (exact) mass is 267 g/mol. The molecule has 18 heavy (non-hydrogen) atoms. The van der Waals surface area contributed by atoms with Crippen LogP contribution in [-0.2, 0) is 4.79 Å². The van der Waals surface area contributed by atoms with E-state index in [1.54, 1.807) is 24.3 Å². The highest BCUT2D eigenvalue weighted by Crippen LogP contribution is 2.13. The molecule has 0 spiro atoms. The van der Waals surface area contributed by atoms with E-state index in [0.29, 0.717) is 5.75 Å². The number of rotatable bonds is 5. The number of nitrogens with two attached hydrogens (primary N) is 1. The van der Waals surface area contributed by atoms with Gasteiger partial charge in [0.05, 0.1) is 6.21 Å². The maximum absolute atomic E-state index is 10.6. The Bertz CT molecular complexity index is 459. The van der Waals surface area contributed by atoms with Gasteiger partial charge in [0.2, 0.25) is 0 Å². The van der Waals surface area contributed by atoms with Crippen LogP contribution in [0.1, 0.15) is 12.5 Å². The fourth-order valence-electron chi connectivity index (χ4n) is 1.06. The first-order valence-corrected chi connectivity index (χ1v) is 5.48. The Morgan fingerprint density at radius 3 is 2.67 bits per heavy atom. The van der Waals surface area contributed by atoms with Crippen LogP contribution in [0.2, 0.25) is 0 Å². The van der Waals surface area contributed by atoms with Crippen molar-refractivity contribution in [2.24, 2.45) is 10.8 Å². The summed E-state index contributed by atoms with van der Waals surface area (Å²) >= 11 is 4.58. The predicted molar refractivity (Wildman–Crippen MR) is 71.7 cm³/mol. The van der Waals surface area contributed by atoms with Crippen molar-refractivity contribution in [3.8, 4) is 5.75 Å². The number of ether oxygens (including phenoxy) is 1. The van der Waals surface area contributed by atoms with Gasteiger partial charge in [0.25, 0.3) is 0 Å². The van der Waals surface area contributed by atoms with Crippen LogP contribution in [-0.4, -0.2) is 28.5 Å². The Morgan fingerprint density at radius 2 is 2.17 bits per heavy atom. The lowest BCUT2D eigenvalue weighted by Crippen LogP contribution is -2.24. The molecule has 1 aromatic rings. The molecule has 0 saturated carbocycles. The van der Waals surface area contributed by atoms with Crippen LogP contribution in [0.3, 0.4) is 0 Å². The summed E-state index contributed by atoms with van der Waals surface area (Å²) in [7, 11) is 0. The Balaban J connectivity index is 2.60. The number of hydrazone groups is 1. The fourth-order valence-corrected chi connectivity index (χ4v) is 1.11. The molecule has 1 atom stereocenters. The van der Waals surface area contributed by atoms with Gasteiger partial charge in [-0.05, 0) is 49.0 Å². The molecule has 7 heteroatoms. The summed E-state index contributed by atoms with van der Waals surface area (Å²) < 4.78 is 5.17. The van der Waals surface area contributed by atoms with Crippen molar-refractivity contribution in [2.45, 2.75) is 13.0 Å². The third-order valence-corrected chi connectivity index (χ3v) is 2.02. The second-order valence-corrected chi connectivity index (χ2v) is 3.84. The molecule has 96 valence electrons. The molecule has 0 heterocycles. The molecule has 4 N–H and O–H groups in total. The average molecular weight is 267 g/mol. The minimum atomic E-state index is -1.01. The first kappa shape index (κ1) is 13.9. The van der Waals surface area contributed by atoms with Gasteiger partial charge in [-0.3, -0.25) is 5.43 Å². The van der Waals surface area contributed by atoms with E-state index in [9.17, 15) is 4.79 Å². The lowest BCUT2D eigenvalue weighted by molar-refractivity contribution is -0.144. The summed E-state index contributed by atoms with van der Waals surface area (Å²) in [5, 5.41) is 12.6. The number of carbonyl (C=O) groups is 1. The molecule has 0 aliphatic rings. The number of nitrogens with zero attached hydrogens (tertiary/aromatic N) is 1. The standard InChI is InChI=1S/C11H13N3O3S/c1-7(10(15)16)17-9-4-2-8(3-5-9)6-13-14-11(12)18/h2-7H,1H3,(H,15,16)(H3,12,14,18)/b13-6-/t7-/m0/s1. The number of carboxylic acid groups (broad SMARTS) is 1.